The molecule has 144 valence electrons. The van der Waals surface area contributed by atoms with Crippen molar-refractivity contribution in [3.8, 4) is 0 Å². The molecule has 1 heterocycles. The number of rotatable bonds is 10. The number of aliphatic hydroxyl groups is 1. The van der Waals surface area contributed by atoms with Crippen LogP contribution in [-0.4, -0.2) is 42.8 Å². The molecule has 1 unspecified atom stereocenters. The highest BCUT2D eigenvalue weighted by atomic mass is 32.1. The molecule has 2 amide bonds. The van der Waals surface area contributed by atoms with Gasteiger partial charge in [-0.25, -0.2) is 0 Å². The van der Waals surface area contributed by atoms with Crippen molar-refractivity contribution in [3.05, 3.63) is 27.5 Å². The largest absolute Gasteiger partial charge is 0.381 e. The SMILES string of the molecule is CC(C)CC(NC(=O)c1cc2c(s1)CCC=C2)C(=O)NCCCNCO. The monoisotopic (exact) mass is 379 g/mol. The number of aryl methyl sites for hydroxylation is 1. The molecular weight excluding hydrogens is 350 g/mol. The van der Waals surface area contributed by atoms with Crippen LogP contribution in [0, 0.1) is 5.92 Å². The van der Waals surface area contributed by atoms with E-state index >= 15 is 0 Å². The van der Waals surface area contributed by atoms with Crippen molar-refractivity contribution in [1.82, 2.24) is 16.0 Å². The van der Waals surface area contributed by atoms with Crippen LogP contribution in [0.2, 0.25) is 0 Å². The van der Waals surface area contributed by atoms with Crippen LogP contribution >= 0.6 is 11.3 Å². The Balaban J connectivity index is 1.93. The molecule has 1 aromatic rings. The zero-order valence-electron chi connectivity index (χ0n) is 15.5. The first-order chi connectivity index (χ1) is 12.5. The van der Waals surface area contributed by atoms with E-state index in [-0.39, 0.29) is 18.5 Å². The normalized spacial score (nSPS) is 14.2. The molecule has 2 rings (SSSR count). The average molecular weight is 380 g/mol. The number of hydrogen-bond donors (Lipinski definition) is 4. The molecule has 0 aromatic carbocycles. The van der Waals surface area contributed by atoms with Crippen molar-refractivity contribution >= 4 is 29.2 Å². The standard InChI is InChI=1S/C19H29N3O3S/c1-13(2)10-15(18(24)21-9-5-8-20-12-23)22-19(25)17-11-14-6-3-4-7-16(14)26-17/h3,6,11,13,15,20,23H,4-5,7-10,12H2,1-2H3,(H,21,24)(H,22,25). The van der Waals surface area contributed by atoms with E-state index in [1.165, 1.54) is 16.2 Å². The van der Waals surface area contributed by atoms with Crippen LogP contribution in [0.1, 0.15) is 53.2 Å². The van der Waals surface area contributed by atoms with Gasteiger partial charge in [0.2, 0.25) is 5.91 Å². The van der Waals surface area contributed by atoms with Crippen LogP contribution in [0.25, 0.3) is 6.08 Å². The third-order valence-electron chi connectivity index (χ3n) is 4.17. The van der Waals surface area contributed by atoms with Crippen LogP contribution in [0.3, 0.4) is 0 Å². The molecule has 1 atom stereocenters. The van der Waals surface area contributed by atoms with Gasteiger partial charge in [-0.3, -0.25) is 14.9 Å². The summed E-state index contributed by atoms with van der Waals surface area (Å²) in [4.78, 5) is 27.0. The van der Waals surface area contributed by atoms with Crippen molar-refractivity contribution in [2.24, 2.45) is 5.92 Å². The first-order valence-corrected chi connectivity index (χ1v) is 10.0. The van der Waals surface area contributed by atoms with Gasteiger partial charge in [0, 0.05) is 11.4 Å². The summed E-state index contributed by atoms with van der Waals surface area (Å²) in [5.74, 6) is -0.0422. The zero-order valence-corrected chi connectivity index (χ0v) is 16.3. The topological polar surface area (TPSA) is 90.5 Å². The Bertz CT molecular complexity index is 640. The highest BCUT2D eigenvalue weighted by molar-refractivity contribution is 7.14. The number of allylic oxidation sites excluding steroid dienone is 1. The molecule has 0 radical (unpaired) electrons. The summed E-state index contributed by atoms with van der Waals surface area (Å²) >= 11 is 1.52. The number of carbonyl (C=O) groups is 2. The fourth-order valence-corrected chi connectivity index (χ4v) is 3.94. The summed E-state index contributed by atoms with van der Waals surface area (Å²) in [5.41, 5.74) is 1.12. The van der Waals surface area contributed by atoms with Gasteiger partial charge < -0.3 is 15.7 Å². The smallest absolute Gasteiger partial charge is 0.262 e. The predicted molar refractivity (Wildman–Crippen MR) is 105 cm³/mol. The number of carbonyl (C=O) groups excluding carboxylic acids is 2. The van der Waals surface area contributed by atoms with Crippen molar-refractivity contribution < 1.29 is 14.7 Å². The lowest BCUT2D eigenvalue weighted by molar-refractivity contribution is -0.123. The number of aliphatic hydroxyl groups excluding tert-OH is 1. The highest BCUT2D eigenvalue weighted by Crippen LogP contribution is 2.28. The summed E-state index contributed by atoms with van der Waals surface area (Å²) in [6.07, 6.45) is 7.48. The van der Waals surface area contributed by atoms with Gasteiger partial charge >= 0.3 is 0 Å². The van der Waals surface area contributed by atoms with Crippen molar-refractivity contribution in [1.29, 1.82) is 0 Å². The lowest BCUT2D eigenvalue weighted by Gasteiger charge is -2.20. The van der Waals surface area contributed by atoms with E-state index in [1.807, 2.05) is 19.9 Å². The van der Waals surface area contributed by atoms with Crippen LogP contribution in [0.4, 0.5) is 0 Å². The van der Waals surface area contributed by atoms with E-state index in [4.69, 9.17) is 5.11 Å². The maximum atomic E-state index is 12.6. The van der Waals surface area contributed by atoms with Gasteiger partial charge in [0.1, 0.15) is 6.04 Å². The second kappa shape index (κ2) is 10.4. The molecule has 4 N–H and O–H groups in total. The van der Waals surface area contributed by atoms with Gasteiger partial charge in [-0.1, -0.05) is 26.0 Å². The van der Waals surface area contributed by atoms with Crippen molar-refractivity contribution in [2.75, 3.05) is 19.8 Å². The Morgan fingerprint density at radius 2 is 2.12 bits per heavy atom. The van der Waals surface area contributed by atoms with Crippen LogP contribution < -0.4 is 16.0 Å². The van der Waals surface area contributed by atoms with Crippen molar-refractivity contribution in [3.63, 3.8) is 0 Å². The minimum absolute atomic E-state index is 0.0695. The highest BCUT2D eigenvalue weighted by Gasteiger charge is 2.23. The van der Waals surface area contributed by atoms with E-state index in [9.17, 15) is 9.59 Å². The molecule has 7 heteroatoms. The van der Waals surface area contributed by atoms with E-state index in [0.717, 1.165) is 24.8 Å². The molecule has 0 bridgehead atoms. The number of nitrogens with one attached hydrogen (secondary N) is 3. The molecule has 0 fully saturated rings. The Kier molecular flexibility index (Phi) is 8.28. The van der Waals surface area contributed by atoms with Crippen molar-refractivity contribution in [2.45, 2.75) is 45.6 Å². The van der Waals surface area contributed by atoms with Gasteiger partial charge in [0.25, 0.3) is 5.91 Å². The quantitative estimate of drug-likeness (QED) is 0.369. The molecule has 6 nitrogen and oxygen atoms in total. The molecular formula is C19H29N3O3S. The number of fused-ring (bicyclic) bond motifs is 1. The first-order valence-electron chi connectivity index (χ1n) is 9.20. The predicted octanol–water partition coefficient (Wildman–Crippen LogP) is 1.90. The Morgan fingerprint density at radius 1 is 1.31 bits per heavy atom. The molecule has 0 aliphatic heterocycles. The van der Waals surface area contributed by atoms with Crippen LogP contribution in [0.5, 0.6) is 0 Å². The Morgan fingerprint density at radius 3 is 2.81 bits per heavy atom. The molecule has 1 aliphatic rings. The molecule has 26 heavy (non-hydrogen) atoms. The van der Waals surface area contributed by atoms with Gasteiger partial charge in [-0.2, -0.15) is 0 Å². The van der Waals surface area contributed by atoms with Crippen LogP contribution in [0.15, 0.2) is 12.1 Å². The number of hydrogen-bond acceptors (Lipinski definition) is 5. The second-order valence-corrected chi connectivity index (χ2v) is 8.03. The summed E-state index contributed by atoms with van der Waals surface area (Å²) in [5, 5.41) is 17.2. The van der Waals surface area contributed by atoms with Gasteiger partial charge in [-0.05, 0) is 49.8 Å². The fourth-order valence-electron chi connectivity index (χ4n) is 2.88. The van der Waals surface area contributed by atoms with E-state index in [0.29, 0.717) is 30.3 Å². The lowest BCUT2D eigenvalue weighted by atomic mass is 10.0. The third-order valence-corrected chi connectivity index (χ3v) is 5.38. The maximum absolute atomic E-state index is 12.6. The van der Waals surface area contributed by atoms with Gasteiger partial charge in [-0.15, -0.1) is 11.3 Å². The van der Waals surface area contributed by atoms with Crippen LogP contribution in [-0.2, 0) is 11.2 Å². The van der Waals surface area contributed by atoms with E-state index in [1.54, 1.807) is 0 Å². The zero-order chi connectivity index (χ0) is 18.9. The van der Waals surface area contributed by atoms with Gasteiger partial charge in [0.15, 0.2) is 0 Å². The number of amides is 2. The lowest BCUT2D eigenvalue weighted by Crippen LogP contribution is -2.47. The summed E-state index contributed by atoms with van der Waals surface area (Å²) in [7, 11) is 0. The third kappa shape index (κ3) is 6.23. The molecule has 0 saturated heterocycles. The van der Waals surface area contributed by atoms with Gasteiger partial charge in [0.05, 0.1) is 11.6 Å². The first kappa shape index (κ1) is 20.6. The minimum Gasteiger partial charge on any atom is -0.381 e. The average Bonchev–Trinajstić information content (AvgIpc) is 3.04. The molecule has 1 aromatic heterocycles. The molecule has 0 saturated carbocycles. The summed E-state index contributed by atoms with van der Waals surface area (Å²) in [6, 6.07) is 1.37. The number of thiophene rings is 1. The van der Waals surface area contributed by atoms with E-state index < -0.39 is 6.04 Å². The summed E-state index contributed by atoms with van der Waals surface area (Å²) < 4.78 is 0. The Labute approximate surface area is 159 Å². The molecule has 1 aliphatic carbocycles. The fraction of sp³-hybridized carbons (Fsp3) is 0.579. The second-order valence-electron chi connectivity index (χ2n) is 6.89. The molecule has 0 spiro atoms. The summed E-state index contributed by atoms with van der Waals surface area (Å²) in [6.45, 7) is 5.14. The van der Waals surface area contributed by atoms with E-state index in [2.05, 4.69) is 28.1 Å². The maximum Gasteiger partial charge on any atom is 0.262 e. The Hall–Kier alpha value is -1.70. The minimum atomic E-state index is -0.539.